The van der Waals surface area contributed by atoms with E-state index in [4.69, 9.17) is 9.69 Å². The molecule has 0 spiro atoms. The third-order valence-corrected chi connectivity index (χ3v) is 7.58. The third-order valence-electron chi connectivity index (χ3n) is 4.16. The number of allylic oxidation sites excluding steroid dienone is 1. The number of rotatable bonds is 3. The monoisotopic (exact) mass is 539 g/mol. The molecule has 2 nitrogen and oxygen atoms in total. The number of hydrogen-bond acceptors (Lipinski definition) is 4. The summed E-state index contributed by atoms with van der Waals surface area (Å²) in [4.78, 5) is 0. The Balaban J connectivity index is 0.000000308. The van der Waals surface area contributed by atoms with E-state index in [-0.39, 0.29) is 33.0 Å². The number of fused-ring (bicyclic) bond motifs is 1. The maximum atomic E-state index is 6.10. The van der Waals surface area contributed by atoms with Gasteiger partial charge in [-0.15, -0.1) is 23.9 Å². The molecule has 0 N–H and O–H groups in total. The van der Waals surface area contributed by atoms with Crippen molar-refractivity contribution in [1.82, 2.24) is 8.61 Å². The summed E-state index contributed by atoms with van der Waals surface area (Å²) >= 11 is 3.33. The molecular formula is C21H27ClN2PRuS2-2. The summed E-state index contributed by atoms with van der Waals surface area (Å²) in [6, 6.07) is 19.0. The second-order valence-corrected chi connectivity index (χ2v) is 9.36. The summed E-state index contributed by atoms with van der Waals surface area (Å²) in [5, 5.41) is 0. The van der Waals surface area contributed by atoms with E-state index in [1.165, 1.54) is 26.4 Å². The zero-order valence-corrected chi connectivity index (χ0v) is 22.0. The van der Waals surface area contributed by atoms with Gasteiger partial charge in [-0.1, -0.05) is 0 Å². The molecule has 0 radical (unpaired) electrons. The first kappa shape index (κ1) is 26.0. The van der Waals surface area contributed by atoms with E-state index in [9.17, 15) is 0 Å². The van der Waals surface area contributed by atoms with Crippen LogP contribution in [0.1, 0.15) is 16.7 Å². The summed E-state index contributed by atoms with van der Waals surface area (Å²) in [7, 11) is 6.10. The molecule has 2 aliphatic rings. The Bertz CT molecular complexity index is 792. The van der Waals surface area contributed by atoms with Crippen LogP contribution in [0.4, 0.5) is 0 Å². The van der Waals surface area contributed by atoms with Gasteiger partial charge in [0, 0.05) is 0 Å². The average Bonchev–Trinajstić information content (AvgIpc) is 3.33. The molecule has 2 aromatic carbocycles. The maximum absolute atomic E-state index is 6.10. The fourth-order valence-corrected chi connectivity index (χ4v) is 5.40. The van der Waals surface area contributed by atoms with Crippen molar-refractivity contribution in [2.24, 2.45) is 0 Å². The van der Waals surface area contributed by atoms with Gasteiger partial charge in [0.1, 0.15) is 0 Å². The summed E-state index contributed by atoms with van der Waals surface area (Å²) in [6.07, 6.45) is 6.44. The van der Waals surface area contributed by atoms with Crippen molar-refractivity contribution in [3.63, 3.8) is 0 Å². The number of hydrogen-bond donors (Lipinski definition) is 0. The normalized spacial score (nSPS) is 17.4. The van der Waals surface area contributed by atoms with Crippen molar-refractivity contribution >= 4 is 53.2 Å². The van der Waals surface area contributed by atoms with Crippen LogP contribution in [0.3, 0.4) is 0 Å². The van der Waals surface area contributed by atoms with E-state index in [0.717, 1.165) is 13.1 Å². The molecule has 1 saturated heterocycles. The van der Waals surface area contributed by atoms with Gasteiger partial charge in [0.15, 0.2) is 0 Å². The van der Waals surface area contributed by atoms with Crippen molar-refractivity contribution in [2.45, 2.75) is 0 Å². The van der Waals surface area contributed by atoms with Crippen molar-refractivity contribution < 1.29 is 15.7 Å². The van der Waals surface area contributed by atoms with Crippen LogP contribution in [0.25, 0.3) is 5.57 Å². The molecule has 28 heavy (non-hydrogen) atoms. The fraction of sp³-hybridized carbons (Fsp3) is 0.190. The van der Waals surface area contributed by atoms with Crippen LogP contribution in [0, 0.1) is 14.1 Å². The first-order chi connectivity index (χ1) is 12.8. The van der Waals surface area contributed by atoms with Gasteiger partial charge < -0.3 is 16.0 Å². The van der Waals surface area contributed by atoms with Gasteiger partial charge in [-0.05, 0) is 25.6 Å². The molecule has 1 unspecified atom stereocenters. The quantitative estimate of drug-likeness (QED) is 0.215. The standard InChI is InChI=1S/C15H10.C5H11N2S2.CH3.ClH.H3P.Ru/c1-2-6-12(7-3-1)15-11-10-13-8-4-5-9-14(13)15;1-8-6-3-4-7(5-6)9-2;;;;/h1-9,11H;5H,3-4H2,1-2H3;1H3;1H;1H3;/q;2*-1;;;+1/p-1. The molecule has 1 atom stereocenters. The molecular weight excluding hydrogens is 512 g/mol. The Morgan fingerprint density at radius 2 is 1.43 bits per heavy atom. The Labute approximate surface area is 193 Å². The molecule has 4 rings (SSSR count). The zero-order chi connectivity index (χ0) is 18.4. The molecule has 2 aromatic rings. The van der Waals surface area contributed by atoms with Crippen LogP contribution in [0.5, 0.6) is 0 Å². The molecule has 0 bridgehead atoms. The van der Waals surface area contributed by atoms with Gasteiger partial charge in [-0.3, -0.25) is 0 Å². The number of nitrogens with zero attached hydrogens (tertiary/aromatic N) is 2. The summed E-state index contributed by atoms with van der Waals surface area (Å²) in [5.41, 5.74) is 5.18. The minimum atomic E-state index is -0.218. The van der Waals surface area contributed by atoms with Gasteiger partial charge in [0.25, 0.3) is 0 Å². The summed E-state index contributed by atoms with van der Waals surface area (Å²) in [5.74, 6) is 0. The Morgan fingerprint density at radius 1 is 0.893 bits per heavy atom. The van der Waals surface area contributed by atoms with E-state index in [1.54, 1.807) is 23.9 Å². The van der Waals surface area contributed by atoms with Crippen molar-refractivity contribution in [3.8, 4) is 0 Å². The Kier molecular flexibility index (Phi) is 12.4. The summed E-state index contributed by atoms with van der Waals surface area (Å²) < 4.78 is 5.76. The molecule has 1 aliphatic carbocycles. The molecule has 0 amide bonds. The molecule has 155 valence electrons. The first-order valence-electron chi connectivity index (χ1n) is 8.21. The predicted octanol–water partition coefficient (Wildman–Crippen LogP) is 5.68. The van der Waals surface area contributed by atoms with Gasteiger partial charge >= 0.3 is 112 Å². The first-order valence-corrected chi connectivity index (χ1v) is 13.7. The van der Waals surface area contributed by atoms with Crippen molar-refractivity contribution in [2.75, 3.05) is 25.6 Å². The van der Waals surface area contributed by atoms with Gasteiger partial charge in [0.05, 0.1) is 0 Å². The van der Waals surface area contributed by atoms with Crippen LogP contribution < -0.4 is 0 Å². The second kappa shape index (κ2) is 13.3. The van der Waals surface area contributed by atoms with Crippen LogP contribution in [0.15, 0.2) is 60.7 Å². The molecule has 1 aliphatic heterocycles. The Morgan fingerprint density at radius 3 is 1.93 bits per heavy atom. The van der Waals surface area contributed by atoms with Crippen LogP contribution in [-0.4, -0.2) is 38.3 Å². The van der Waals surface area contributed by atoms with E-state index in [2.05, 4.69) is 82.4 Å². The third kappa shape index (κ3) is 6.51. The summed E-state index contributed by atoms with van der Waals surface area (Å²) in [6.45, 7) is 4.46. The topological polar surface area (TPSA) is 6.48 Å². The SMILES string of the molecule is CSN1[CH-]N(SC)CC1.P.[CH3-].[Cl][Ru]=[C]1C=C(c2ccccc2)c2ccccc21. The molecule has 1 heterocycles. The predicted molar refractivity (Wildman–Crippen MR) is 132 cm³/mol. The van der Waals surface area contributed by atoms with E-state index in [1.807, 2.05) is 6.07 Å². The molecule has 0 aromatic heterocycles. The van der Waals surface area contributed by atoms with Gasteiger partial charge in [-0.25, -0.2) is 0 Å². The van der Waals surface area contributed by atoms with Crippen molar-refractivity contribution in [1.29, 1.82) is 0 Å². The number of benzene rings is 2. The van der Waals surface area contributed by atoms with E-state index >= 15 is 0 Å². The van der Waals surface area contributed by atoms with Crippen LogP contribution >= 0.6 is 43.5 Å². The number of halogens is 1. The van der Waals surface area contributed by atoms with Crippen LogP contribution in [0.2, 0.25) is 0 Å². The van der Waals surface area contributed by atoms with E-state index in [0.29, 0.717) is 0 Å². The second-order valence-electron chi connectivity index (χ2n) is 5.63. The average molecular weight is 539 g/mol. The van der Waals surface area contributed by atoms with Crippen LogP contribution in [-0.2, 0) is 15.7 Å². The van der Waals surface area contributed by atoms with Crippen molar-refractivity contribution in [3.05, 3.63) is 91.5 Å². The van der Waals surface area contributed by atoms with Gasteiger partial charge in [-0.2, -0.15) is 16.6 Å². The molecule has 0 saturated carbocycles. The zero-order valence-electron chi connectivity index (χ0n) is 16.4. The van der Waals surface area contributed by atoms with Gasteiger partial charge in [0.2, 0.25) is 0 Å². The molecule has 1 fully saturated rings. The molecule has 7 heteroatoms. The minimum absolute atomic E-state index is 0. The fourth-order valence-electron chi connectivity index (χ4n) is 2.84. The Hall–Kier alpha value is 0.0134. The van der Waals surface area contributed by atoms with E-state index < -0.39 is 0 Å².